The number of hydrogen-bond acceptors (Lipinski definition) is 6. The SMILES string of the molecule is CC1(C)O[C@H]2O[C@H](CO)[C@H](n3cc(C4=CCCCC4)nn3)[C@H]2O1. The fraction of sp³-hybridized carbons (Fsp3) is 0.750. The smallest absolute Gasteiger partial charge is 0.189 e. The molecule has 23 heavy (non-hydrogen) atoms. The van der Waals surface area contributed by atoms with E-state index in [1.807, 2.05) is 20.0 Å². The normalized spacial score (nSPS) is 36.0. The molecular formula is C16H23N3O4. The van der Waals surface area contributed by atoms with Crippen molar-refractivity contribution in [2.75, 3.05) is 6.61 Å². The topological polar surface area (TPSA) is 78.6 Å². The van der Waals surface area contributed by atoms with Crippen LogP contribution in [0.25, 0.3) is 5.57 Å². The van der Waals surface area contributed by atoms with Crippen LogP contribution in [0.15, 0.2) is 12.3 Å². The van der Waals surface area contributed by atoms with E-state index in [1.165, 1.54) is 18.4 Å². The van der Waals surface area contributed by atoms with Gasteiger partial charge >= 0.3 is 0 Å². The summed E-state index contributed by atoms with van der Waals surface area (Å²) in [5.41, 5.74) is 2.16. The molecule has 3 aliphatic rings. The Kier molecular flexibility index (Phi) is 3.76. The van der Waals surface area contributed by atoms with Crippen LogP contribution >= 0.6 is 0 Å². The van der Waals surface area contributed by atoms with Crippen molar-refractivity contribution in [1.82, 2.24) is 15.0 Å². The number of fused-ring (bicyclic) bond motifs is 1. The van der Waals surface area contributed by atoms with E-state index in [-0.39, 0.29) is 18.8 Å². The molecule has 0 spiro atoms. The fourth-order valence-corrected chi connectivity index (χ4v) is 3.67. The van der Waals surface area contributed by atoms with Crippen molar-refractivity contribution in [3.63, 3.8) is 0 Å². The quantitative estimate of drug-likeness (QED) is 0.912. The van der Waals surface area contributed by atoms with Gasteiger partial charge in [0, 0.05) is 0 Å². The largest absolute Gasteiger partial charge is 0.394 e. The Balaban J connectivity index is 1.60. The van der Waals surface area contributed by atoms with Gasteiger partial charge in [-0.2, -0.15) is 0 Å². The number of ether oxygens (including phenoxy) is 3. The van der Waals surface area contributed by atoms with Gasteiger partial charge in [-0.15, -0.1) is 5.10 Å². The number of aliphatic hydroxyl groups is 1. The van der Waals surface area contributed by atoms with Crippen molar-refractivity contribution in [2.24, 2.45) is 0 Å². The summed E-state index contributed by atoms with van der Waals surface area (Å²) in [6.07, 6.45) is 7.58. The summed E-state index contributed by atoms with van der Waals surface area (Å²) < 4.78 is 19.3. The first kappa shape index (κ1) is 15.3. The molecule has 1 aromatic rings. The minimum absolute atomic E-state index is 0.108. The number of allylic oxidation sites excluding steroid dienone is 2. The predicted octanol–water partition coefficient (Wildman–Crippen LogP) is 1.65. The second-order valence-electron chi connectivity index (χ2n) is 6.88. The van der Waals surface area contributed by atoms with Gasteiger partial charge in [0.25, 0.3) is 0 Å². The van der Waals surface area contributed by atoms with E-state index < -0.39 is 18.2 Å². The van der Waals surface area contributed by atoms with Crippen LogP contribution < -0.4 is 0 Å². The van der Waals surface area contributed by atoms with Crippen molar-refractivity contribution in [3.8, 4) is 0 Å². The zero-order valence-corrected chi connectivity index (χ0v) is 13.5. The molecule has 7 nitrogen and oxygen atoms in total. The van der Waals surface area contributed by atoms with Crippen LogP contribution in [0.4, 0.5) is 0 Å². The zero-order chi connectivity index (χ0) is 16.0. The van der Waals surface area contributed by atoms with Crippen molar-refractivity contribution < 1.29 is 19.3 Å². The standard InChI is InChI=1S/C16H23N3O4/c1-16(2)22-14-13(12(9-20)21-15(14)23-16)19-8-11(17-18-19)10-6-4-3-5-7-10/h6,8,12-15,20H,3-5,7,9H2,1-2H3/t12-,13+,14-,15-/m1/s1. The second kappa shape index (κ2) is 5.66. The average Bonchev–Trinajstić information content (AvgIpc) is 3.19. The molecule has 2 fully saturated rings. The molecule has 0 amide bonds. The lowest BCUT2D eigenvalue weighted by molar-refractivity contribution is -0.212. The van der Waals surface area contributed by atoms with Crippen LogP contribution in [0, 0.1) is 0 Å². The van der Waals surface area contributed by atoms with Gasteiger partial charge < -0.3 is 19.3 Å². The first-order valence-electron chi connectivity index (χ1n) is 8.30. The van der Waals surface area contributed by atoms with E-state index in [9.17, 15) is 5.11 Å². The molecule has 4 rings (SSSR count). The molecule has 1 aliphatic carbocycles. The summed E-state index contributed by atoms with van der Waals surface area (Å²) in [6, 6.07) is -0.239. The van der Waals surface area contributed by atoms with Gasteiger partial charge in [-0.3, -0.25) is 0 Å². The van der Waals surface area contributed by atoms with Gasteiger partial charge in [0.1, 0.15) is 23.9 Å². The molecule has 0 unspecified atom stereocenters. The summed E-state index contributed by atoms with van der Waals surface area (Å²) in [5.74, 6) is -0.691. The Hall–Kier alpha value is -1.28. The maximum Gasteiger partial charge on any atom is 0.189 e. The van der Waals surface area contributed by atoms with Gasteiger partial charge in [0.15, 0.2) is 12.1 Å². The minimum Gasteiger partial charge on any atom is -0.394 e. The van der Waals surface area contributed by atoms with E-state index in [1.54, 1.807) is 4.68 Å². The highest BCUT2D eigenvalue weighted by Gasteiger charge is 2.55. The number of aromatic nitrogens is 3. The lowest BCUT2D eigenvalue weighted by atomic mass is 9.98. The first-order chi connectivity index (χ1) is 11.1. The average molecular weight is 321 g/mol. The molecule has 0 radical (unpaired) electrons. The number of aliphatic hydroxyl groups excluding tert-OH is 1. The summed E-state index contributed by atoms with van der Waals surface area (Å²) in [7, 11) is 0. The molecule has 0 bridgehead atoms. The molecule has 0 saturated carbocycles. The van der Waals surface area contributed by atoms with Crippen LogP contribution in [-0.2, 0) is 14.2 Å². The Morgan fingerprint density at radius 1 is 1.35 bits per heavy atom. The van der Waals surface area contributed by atoms with E-state index in [4.69, 9.17) is 14.2 Å². The van der Waals surface area contributed by atoms with E-state index in [0.29, 0.717) is 0 Å². The zero-order valence-electron chi connectivity index (χ0n) is 13.5. The Bertz CT molecular complexity index is 612. The van der Waals surface area contributed by atoms with Gasteiger partial charge in [-0.1, -0.05) is 11.3 Å². The lowest BCUT2D eigenvalue weighted by Crippen LogP contribution is -2.34. The minimum atomic E-state index is -0.691. The molecule has 2 aliphatic heterocycles. The van der Waals surface area contributed by atoms with Crippen molar-refractivity contribution in [1.29, 1.82) is 0 Å². The van der Waals surface area contributed by atoms with Crippen LogP contribution in [0.1, 0.15) is 51.3 Å². The van der Waals surface area contributed by atoms with Crippen LogP contribution in [-0.4, -0.2) is 51.0 Å². The third kappa shape index (κ3) is 2.71. The fourth-order valence-electron chi connectivity index (χ4n) is 3.67. The van der Waals surface area contributed by atoms with Crippen LogP contribution in [0.2, 0.25) is 0 Å². The summed E-state index contributed by atoms with van der Waals surface area (Å²) in [5, 5.41) is 18.2. The monoisotopic (exact) mass is 321 g/mol. The van der Waals surface area contributed by atoms with Crippen molar-refractivity contribution in [2.45, 2.75) is 69.9 Å². The molecule has 1 aromatic heterocycles. The van der Waals surface area contributed by atoms with Gasteiger partial charge in [0.2, 0.25) is 0 Å². The second-order valence-corrected chi connectivity index (χ2v) is 6.88. The highest BCUT2D eigenvalue weighted by atomic mass is 16.8. The molecule has 1 N–H and O–H groups in total. The van der Waals surface area contributed by atoms with E-state index in [0.717, 1.165) is 18.5 Å². The number of rotatable bonds is 3. The summed E-state index contributed by atoms with van der Waals surface area (Å²) in [4.78, 5) is 0. The molecular weight excluding hydrogens is 298 g/mol. The van der Waals surface area contributed by atoms with Crippen LogP contribution in [0.5, 0.6) is 0 Å². The maximum absolute atomic E-state index is 9.63. The molecule has 4 atom stereocenters. The number of hydrogen-bond donors (Lipinski definition) is 1. The Morgan fingerprint density at radius 3 is 2.96 bits per heavy atom. The first-order valence-corrected chi connectivity index (χ1v) is 8.30. The van der Waals surface area contributed by atoms with Gasteiger partial charge in [0.05, 0.1) is 12.8 Å². The van der Waals surface area contributed by atoms with Gasteiger partial charge in [-0.25, -0.2) is 4.68 Å². The molecule has 0 aromatic carbocycles. The van der Waals surface area contributed by atoms with E-state index >= 15 is 0 Å². The third-order valence-electron chi connectivity index (χ3n) is 4.73. The Morgan fingerprint density at radius 2 is 2.22 bits per heavy atom. The summed E-state index contributed by atoms with van der Waals surface area (Å²) in [6.45, 7) is 3.61. The molecule has 126 valence electrons. The van der Waals surface area contributed by atoms with Gasteiger partial charge in [-0.05, 0) is 45.1 Å². The van der Waals surface area contributed by atoms with Crippen LogP contribution in [0.3, 0.4) is 0 Å². The molecule has 2 saturated heterocycles. The Labute approximate surface area is 135 Å². The number of nitrogens with zero attached hydrogens (tertiary/aromatic N) is 3. The summed E-state index contributed by atoms with van der Waals surface area (Å²) >= 11 is 0. The maximum atomic E-state index is 9.63. The van der Waals surface area contributed by atoms with Crippen molar-refractivity contribution in [3.05, 3.63) is 18.0 Å². The third-order valence-corrected chi connectivity index (χ3v) is 4.73. The van der Waals surface area contributed by atoms with Crippen molar-refractivity contribution >= 4 is 5.57 Å². The highest BCUT2D eigenvalue weighted by molar-refractivity contribution is 5.62. The van der Waals surface area contributed by atoms with E-state index in [2.05, 4.69) is 16.4 Å². The molecule has 7 heteroatoms. The predicted molar refractivity (Wildman–Crippen MR) is 81.3 cm³/mol. The lowest BCUT2D eigenvalue weighted by Gasteiger charge is -2.24. The highest BCUT2D eigenvalue weighted by Crippen LogP contribution is 2.42. The molecule has 3 heterocycles.